The lowest BCUT2D eigenvalue weighted by Gasteiger charge is -2.13. The van der Waals surface area contributed by atoms with Crippen LogP contribution in [0.2, 0.25) is 0 Å². The number of rotatable bonds is 5. The van der Waals surface area contributed by atoms with Crippen LogP contribution in [0, 0.1) is 11.6 Å². The Hall–Kier alpha value is -3.16. The highest BCUT2D eigenvalue weighted by molar-refractivity contribution is 5.76. The maximum absolute atomic E-state index is 13.8. The number of nitrogens with zero attached hydrogens (tertiary/aromatic N) is 3. The summed E-state index contributed by atoms with van der Waals surface area (Å²) >= 11 is 0. The lowest BCUT2D eigenvalue weighted by molar-refractivity contribution is -0.137. The van der Waals surface area contributed by atoms with Crippen molar-refractivity contribution in [1.82, 2.24) is 14.5 Å². The number of carboxylic acids is 1. The number of hydrogen-bond donors (Lipinski definition) is 1. The van der Waals surface area contributed by atoms with Crippen molar-refractivity contribution in [3.63, 3.8) is 0 Å². The highest BCUT2D eigenvalue weighted by Crippen LogP contribution is 2.14. The third kappa shape index (κ3) is 3.52. The van der Waals surface area contributed by atoms with Crippen LogP contribution in [0.4, 0.5) is 8.78 Å². The van der Waals surface area contributed by atoms with Crippen LogP contribution in [-0.4, -0.2) is 25.6 Å². The van der Waals surface area contributed by atoms with E-state index in [1.54, 1.807) is 6.07 Å². The predicted octanol–water partition coefficient (Wildman–Crippen LogP) is 1.94. The fourth-order valence-electron chi connectivity index (χ4n) is 2.60. The minimum absolute atomic E-state index is 0.109. The Kier molecular flexibility index (Phi) is 4.51. The highest BCUT2D eigenvalue weighted by atomic mass is 19.1. The fraction of sp³-hybridized carbons (Fsp3) is 0.176. The van der Waals surface area contributed by atoms with Crippen molar-refractivity contribution in [1.29, 1.82) is 0 Å². The Morgan fingerprint density at radius 1 is 1.20 bits per heavy atom. The third-order valence-corrected chi connectivity index (χ3v) is 3.74. The summed E-state index contributed by atoms with van der Waals surface area (Å²) in [6, 6.07) is 6.29. The lowest BCUT2D eigenvalue weighted by Crippen LogP contribution is -2.23. The number of carboxylic acid groups (broad SMARTS) is 1. The number of aryl methyl sites for hydroxylation is 2. The molecule has 0 amide bonds. The van der Waals surface area contributed by atoms with Crippen LogP contribution >= 0.6 is 0 Å². The Morgan fingerprint density at radius 2 is 2.00 bits per heavy atom. The van der Waals surface area contributed by atoms with Gasteiger partial charge in [0.15, 0.2) is 0 Å². The molecule has 0 saturated carbocycles. The molecule has 0 saturated heterocycles. The molecular formula is C17H13F2N3O3. The Labute approximate surface area is 140 Å². The molecule has 0 aliphatic carbocycles. The van der Waals surface area contributed by atoms with Crippen LogP contribution in [0.3, 0.4) is 0 Å². The van der Waals surface area contributed by atoms with E-state index >= 15 is 0 Å². The zero-order valence-corrected chi connectivity index (χ0v) is 12.9. The summed E-state index contributed by atoms with van der Waals surface area (Å²) in [6.07, 6.45) is 1.69. The third-order valence-electron chi connectivity index (χ3n) is 3.74. The molecule has 6 nitrogen and oxygen atoms in total. The van der Waals surface area contributed by atoms with E-state index in [2.05, 4.69) is 9.97 Å². The van der Waals surface area contributed by atoms with Crippen molar-refractivity contribution in [3.8, 4) is 0 Å². The number of fused-ring (bicyclic) bond motifs is 1. The topological polar surface area (TPSA) is 85.1 Å². The molecule has 0 spiro atoms. The summed E-state index contributed by atoms with van der Waals surface area (Å²) in [4.78, 5) is 31.3. The monoisotopic (exact) mass is 345 g/mol. The van der Waals surface area contributed by atoms with Gasteiger partial charge in [-0.05, 0) is 30.2 Å². The summed E-state index contributed by atoms with van der Waals surface area (Å²) in [5.74, 6) is -2.32. The molecule has 2 heterocycles. The normalized spacial score (nSPS) is 11.0. The van der Waals surface area contributed by atoms with E-state index in [4.69, 9.17) is 5.11 Å². The van der Waals surface area contributed by atoms with Gasteiger partial charge in [0.05, 0.1) is 5.39 Å². The van der Waals surface area contributed by atoms with Crippen LogP contribution in [0.5, 0.6) is 0 Å². The number of halogens is 2. The Bertz CT molecular complexity index is 1020. The SMILES string of the molecule is O=C(O)Cn1c(CCc2ccc(F)cc2F)nc(=O)c2cccnc21. The van der Waals surface area contributed by atoms with Gasteiger partial charge in [-0.1, -0.05) is 6.07 Å². The minimum atomic E-state index is -1.12. The van der Waals surface area contributed by atoms with Crippen molar-refractivity contribution < 1.29 is 18.7 Å². The predicted molar refractivity (Wildman–Crippen MR) is 85.2 cm³/mol. The van der Waals surface area contributed by atoms with Gasteiger partial charge < -0.3 is 9.67 Å². The number of hydrogen-bond acceptors (Lipinski definition) is 4. The fourth-order valence-corrected chi connectivity index (χ4v) is 2.60. The molecule has 0 radical (unpaired) electrons. The molecule has 0 aliphatic heterocycles. The first-order chi connectivity index (χ1) is 12.0. The zero-order valence-electron chi connectivity index (χ0n) is 12.9. The van der Waals surface area contributed by atoms with Gasteiger partial charge in [0.1, 0.15) is 29.7 Å². The first-order valence-corrected chi connectivity index (χ1v) is 7.46. The van der Waals surface area contributed by atoms with Crippen molar-refractivity contribution in [2.75, 3.05) is 0 Å². The minimum Gasteiger partial charge on any atom is -0.480 e. The van der Waals surface area contributed by atoms with Crippen LogP contribution in [0.25, 0.3) is 11.0 Å². The number of benzene rings is 1. The Balaban J connectivity index is 2.02. The molecule has 25 heavy (non-hydrogen) atoms. The smallest absolute Gasteiger partial charge is 0.323 e. The number of aliphatic carboxylic acids is 1. The van der Waals surface area contributed by atoms with Crippen LogP contribution in [-0.2, 0) is 24.2 Å². The van der Waals surface area contributed by atoms with Gasteiger partial charge in [-0.15, -0.1) is 0 Å². The van der Waals surface area contributed by atoms with Crippen molar-refractivity contribution in [2.24, 2.45) is 0 Å². The molecule has 128 valence electrons. The standard InChI is InChI=1S/C17H13F2N3O3/c18-11-5-3-10(13(19)8-11)4-6-14-21-17(25)12-2-1-7-20-16(12)22(14)9-15(23)24/h1-3,5,7-8H,4,6,9H2,(H,23,24). The maximum atomic E-state index is 13.8. The molecule has 1 N–H and O–H groups in total. The first kappa shape index (κ1) is 16.7. The maximum Gasteiger partial charge on any atom is 0.323 e. The van der Waals surface area contributed by atoms with E-state index in [-0.39, 0.29) is 35.3 Å². The molecule has 3 rings (SSSR count). The van der Waals surface area contributed by atoms with E-state index in [0.29, 0.717) is 0 Å². The molecule has 3 aromatic rings. The number of pyridine rings is 1. The van der Waals surface area contributed by atoms with E-state index < -0.39 is 29.7 Å². The van der Waals surface area contributed by atoms with Crippen LogP contribution < -0.4 is 5.56 Å². The summed E-state index contributed by atoms with van der Waals surface area (Å²) in [5.41, 5.74) is -0.0718. The summed E-state index contributed by atoms with van der Waals surface area (Å²) < 4.78 is 28.1. The Morgan fingerprint density at radius 3 is 2.72 bits per heavy atom. The quantitative estimate of drug-likeness (QED) is 0.764. The molecule has 2 aromatic heterocycles. The molecule has 0 unspecified atom stereocenters. The average molecular weight is 345 g/mol. The van der Waals surface area contributed by atoms with Gasteiger partial charge in [0, 0.05) is 18.7 Å². The van der Waals surface area contributed by atoms with Gasteiger partial charge in [0.25, 0.3) is 5.56 Å². The second kappa shape index (κ2) is 6.76. The van der Waals surface area contributed by atoms with Gasteiger partial charge in [-0.25, -0.2) is 13.8 Å². The van der Waals surface area contributed by atoms with Crippen LogP contribution in [0.15, 0.2) is 41.3 Å². The summed E-state index contributed by atoms with van der Waals surface area (Å²) in [5, 5.41) is 9.33. The zero-order chi connectivity index (χ0) is 18.0. The molecule has 0 bridgehead atoms. The highest BCUT2D eigenvalue weighted by Gasteiger charge is 2.15. The molecule has 0 atom stereocenters. The molecule has 0 fully saturated rings. The number of carbonyl (C=O) groups is 1. The van der Waals surface area contributed by atoms with Gasteiger partial charge in [-0.3, -0.25) is 9.59 Å². The van der Waals surface area contributed by atoms with Gasteiger partial charge >= 0.3 is 5.97 Å². The van der Waals surface area contributed by atoms with E-state index in [0.717, 1.165) is 12.1 Å². The second-order valence-corrected chi connectivity index (χ2v) is 5.42. The molecule has 1 aromatic carbocycles. The van der Waals surface area contributed by atoms with E-state index in [1.165, 1.54) is 22.9 Å². The largest absolute Gasteiger partial charge is 0.480 e. The van der Waals surface area contributed by atoms with Crippen molar-refractivity contribution >= 4 is 17.0 Å². The van der Waals surface area contributed by atoms with E-state index in [1.807, 2.05) is 0 Å². The molecule has 0 aliphatic rings. The van der Waals surface area contributed by atoms with Crippen molar-refractivity contribution in [2.45, 2.75) is 19.4 Å². The number of aromatic nitrogens is 3. The molecule has 8 heteroatoms. The summed E-state index contributed by atoms with van der Waals surface area (Å²) in [7, 11) is 0. The molecular weight excluding hydrogens is 332 g/mol. The van der Waals surface area contributed by atoms with E-state index in [9.17, 15) is 18.4 Å². The van der Waals surface area contributed by atoms with Crippen LogP contribution in [0.1, 0.15) is 11.4 Å². The lowest BCUT2D eigenvalue weighted by atomic mass is 10.1. The first-order valence-electron chi connectivity index (χ1n) is 7.46. The second-order valence-electron chi connectivity index (χ2n) is 5.42. The van der Waals surface area contributed by atoms with Crippen molar-refractivity contribution in [3.05, 3.63) is 69.9 Å². The van der Waals surface area contributed by atoms with Gasteiger partial charge in [-0.2, -0.15) is 4.98 Å². The summed E-state index contributed by atoms with van der Waals surface area (Å²) in [6.45, 7) is -0.429. The van der Waals surface area contributed by atoms with Gasteiger partial charge in [0.2, 0.25) is 0 Å². The average Bonchev–Trinajstić information content (AvgIpc) is 2.57.